The minimum absolute atomic E-state index is 0.0344. The van der Waals surface area contributed by atoms with Crippen molar-refractivity contribution < 1.29 is 33.4 Å². The van der Waals surface area contributed by atoms with Crippen molar-refractivity contribution >= 4 is 23.7 Å². The maximum Gasteiger partial charge on any atom is 0.320 e. The number of nitrogens with one attached hydrogen (secondary N) is 1. The number of benzene rings is 2. The first-order valence-corrected chi connectivity index (χ1v) is 11.7. The minimum atomic E-state index is -0.819. The zero-order valence-electron chi connectivity index (χ0n) is 22.0. The normalized spacial score (nSPS) is 12.4. The number of ketones is 1. The molecule has 2 rings (SSSR count). The van der Waals surface area contributed by atoms with Gasteiger partial charge in [-0.05, 0) is 72.2 Å². The summed E-state index contributed by atoms with van der Waals surface area (Å²) >= 11 is 0. The van der Waals surface area contributed by atoms with Gasteiger partial charge >= 0.3 is 17.9 Å². The number of carbonyl (C=O) groups is 4. The minimum Gasteiger partial charge on any atom is -0.460 e. The molecule has 36 heavy (non-hydrogen) atoms. The Hall–Kier alpha value is -3.52. The van der Waals surface area contributed by atoms with Gasteiger partial charge in [-0.3, -0.25) is 24.5 Å². The van der Waals surface area contributed by atoms with Gasteiger partial charge in [0.15, 0.2) is 17.3 Å². The standard InChI is InChI=1S/C28H35NO7/c1-18(29-16-23(30)34-17-19-11-9-8-10-12-19)24(31)20-13-14-21(35-25(32)27(2,3)4)22(15-20)36-26(33)28(5,6)7/h8-15,18,29H,16-17H2,1-7H3. The molecule has 0 bridgehead atoms. The number of Topliss-reactive ketones (excluding diaryl/α,β-unsaturated/α-hetero) is 1. The molecule has 0 heterocycles. The van der Waals surface area contributed by atoms with Gasteiger partial charge in [-0.25, -0.2) is 0 Å². The lowest BCUT2D eigenvalue weighted by Crippen LogP contribution is -2.38. The summed E-state index contributed by atoms with van der Waals surface area (Å²) in [5.74, 6) is -1.90. The molecule has 0 aliphatic rings. The molecule has 8 nitrogen and oxygen atoms in total. The highest BCUT2D eigenvalue weighted by Gasteiger charge is 2.29. The first kappa shape index (κ1) is 28.7. The Morgan fingerprint density at radius 3 is 1.92 bits per heavy atom. The van der Waals surface area contributed by atoms with Crippen molar-refractivity contribution in [1.82, 2.24) is 5.32 Å². The summed E-state index contributed by atoms with van der Waals surface area (Å²) in [6, 6.07) is 12.8. The molecule has 0 saturated carbocycles. The van der Waals surface area contributed by atoms with E-state index in [1.807, 2.05) is 30.3 Å². The highest BCUT2D eigenvalue weighted by atomic mass is 16.6. The summed E-state index contributed by atoms with van der Waals surface area (Å²) in [5, 5.41) is 2.85. The first-order valence-electron chi connectivity index (χ1n) is 11.7. The van der Waals surface area contributed by atoms with E-state index in [1.54, 1.807) is 48.5 Å². The Morgan fingerprint density at radius 2 is 1.36 bits per heavy atom. The van der Waals surface area contributed by atoms with Crippen molar-refractivity contribution in [2.45, 2.75) is 61.1 Å². The molecule has 2 aromatic carbocycles. The lowest BCUT2D eigenvalue weighted by molar-refractivity contribution is -0.145. The monoisotopic (exact) mass is 497 g/mol. The molecule has 0 saturated heterocycles. The third-order valence-corrected chi connectivity index (χ3v) is 5.05. The summed E-state index contributed by atoms with van der Waals surface area (Å²) in [6.45, 7) is 11.8. The second-order valence-corrected chi connectivity index (χ2v) is 10.6. The molecule has 1 N–H and O–H groups in total. The van der Waals surface area contributed by atoms with Crippen molar-refractivity contribution in [3.05, 3.63) is 59.7 Å². The highest BCUT2D eigenvalue weighted by Crippen LogP contribution is 2.33. The fourth-order valence-electron chi connectivity index (χ4n) is 2.70. The molecular formula is C28H35NO7. The van der Waals surface area contributed by atoms with Crippen molar-refractivity contribution in [3.8, 4) is 11.5 Å². The van der Waals surface area contributed by atoms with E-state index in [2.05, 4.69) is 5.32 Å². The van der Waals surface area contributed by atoms with Crippen LogP contribution < -0.4 is 14.8 Å². The quantitative estimate of drug-likeness (QED) is 0.307. The van der Waals surface area contributed by atoms with Crippen molar-refractivity contribution in [3.63, 3.8) is 0 Å². The molecule has 0 radical (unpaired) electrons. The van der Waals surface area contributed by atoms with E-state index in [0.717, 1.165) is 5.56 Å². The average Bonchev–Trinajstić information content (AvgIpc) is 2.81. The van der Waals surface area contributed by atoms with E-state index < -0.39 is 34.8 Å². The first-order chi connectivity index (χ1) is 16.7. The zero-order valence-corrected chi connectivity index (χ0v) is 22.0. The fraction of sp³-hybridized carbons (Fsp3) is 0.429. The van der Waals surface area contributed by atoms with E-state index in [-0.39, 0.29) is 36.0 Å². The molecule has 1 atom stereocenters. The van der Waals surface area contributed by atoms with Gasteiger partial charge in [0.1, 0.15) is 6.61 Å². The van der Waals surface area contributed by atoms with Crippen molar-refractivity contribution in [1.29, 1.82) is 0 Å². The van der Waals surface area contributed by atoms with E-state index in [1.165, 1.54) is 18.2 Å². The largest absolute Gasteiger partial charge is 0.460 e. The Morgan fingerprint density at radius 1 is 0.806 bits per heavy atom. The van der Waals surface area contributed by atoms with Crippen LogP contribution in [-0.2, 0) is 25.7 Å². The van der Waals surface area contributed by atoms with Gasteiger partial charge in [-0.15, -0.1) is 0 Å². The third kappa shape index (κ3) is 8.61. The summed E-state index contributed by atoms with van der Waals surface area (Å²) in [4.78, 5) is 50.0. The number of esters is 3. The maximum atomic E-state index is 13.0. The second-order valence-electron chi connectivity index (χ2n) is 10.6. The van der Waals surface area contributed by atoms with Gasteiger partial charge < -0.3 is 14.2 Å². The summed E-state index contributed by atoms with van der Waals surface area (Å²) in [5.41, 5.74) is -0.521. The number of rotatable bonds is 9. The van der Waals surface area contributed by atoms with E-state index in [4.69, 9.17) is 14.2 Å². The van der Waals surface area contributed by atoms with Crippen LogP contribution >= 0.6 is 0 Å². The van der Waals surface area contributed by atoms with Crippen LogP contribution in [0.5, 0.6) is 11.5 Å². The van der Waals surface area contributed by atoms with E-state index in [0.29, 0.717) is 0 Å². The van der Waals surface area contributed by atoms with Crippen LogP contribution in [0.2, 0.25) is 0 Å². The van der Waals surface area contributed by atoms with E-state index in [9.17, 15) is 19.2 Å². The molecule has 0 spiro atoms. The molecule has 0 fully saturated rings. The smallest absolute Gasteiger partial charge is 0.320 e. The Labute approximate surface area is 212 Å². The average molecular weight is 498 g/mol. The molecule has 8 heteroatoms. The fourth-order valence-corrected chi connectivity index (χ4v) is 2.70. The van der Waals surface area contributed by atoms with E-state index >= 15 is 0 Å². The molecule has 1 unspecified atom stereocenters. The predicted molar refractivity (Wildman–Crippen MR) is 135 cm³/mol. The van der Waals surface area contributed by atoms with Crippen LogP contribution in [0.15, 0.2) is 48.5 Å². The molecule has 194 valence electrons. The molecule has 0 aromatic heterocycles. The molecule has 2 aromatic rings. The Bertz CT molecular complexity index is 1100. The number of hydrogen-bond acceptors (Lipinski definition) is 8. The SMILES string of the molecule is CC(NCC(=O)OCc1ccccc1)C(=O)c1ccc(OC(=O)C(C)(C)C)c(OC(=O)C(C)(C)C)c1. The van der Waals surface area contributed by atoms with Crippen LogP contribution in [0.25, 0.3) is 0 Å². The van der Waals surface area contributed by atoms with Crippen molar-refractivity contribution in [2.24, 2.45) is 10.8 Å². The molecular weight excluding hydrogens is 462 g/mol. The van der Waals surface area contributed by atoms with Gasteiger partial charge in [0.25, 0.3) is 0 Å². The van der Waals surface area contributed by atoms with Crippen LogP contribution in [0.3, 0.4) is 0 Å². The topological polar surface area (TPSA) is 108 Å². The van der Waals surface area contributed by atoms with Gasteiger partial charge in [0, 0.05) is 5.56 Å². The van der Waals surface area contributed by atoms with Crippen LogP contribution in [0, 0.1) is 10.8 Å². The molecule has 0 amide bonds. The predicted octanol–water partition coefficient (Wildman–Crippen LogP) is 4.49. The van der Waals surface area contributed by atoms with Crippen LogP contribution in [0.1, 0.15) is 64.4 Å². The summed E-state index contributed by atoms with van der Waals surface area (Å²) < 4.78 is 16.2. The molecule has 0 aliphatic heterocycles. The third-order valence-electron chi connectivity index (χ3n) is 5.05. The van der Waals surface area contributed by atoms with Gasteiger partial charge in [-0.2, -0.15) is 0 Å². The number of carbonyl (C=O) groups excluding carboxylic acids is 4. The van der Waals surface area contributed by atoms with Crippen molar-refractivity contribution in [2.75, 3.05) is 6.54 Å². The van der Waals surface area contributed by atoms with Gasteiger partial charge in [0.2, 0.25) is 0 Å². The maximum absolute atomic E-state index is 13.0. The zero-order chi connectivity index (χ0) is 27.1. The van der Waals surface area contributed by atoms with Gasteiger partial charge in [0.05, 0.1) is 23.4 Å². The summed E-state index contributed by atoms with van der Waals surface area (Å²) in [6.07, 6.45) is 0. The lowest BCUT2D eigenvalue weighted by atomic mass is 9.97. The van der Waals surface area contributed by atoms with Gasteiger partial charge in [-0.1, -0.05) is 30.3 Å². The lowest BCUT2D eigenvalue weighted by Gasteiger charge is -2.21. The second kappa shape index (κ2) is 11.9. The summed E-state index contributed by atoms with van der Waals surface area (Å²) in [7, 11) is 0. The number of hydrogen-bond donors (Lipinski definition) is 1. The Balaban J connectivity index is 2.11. The Kier molecular flexibility index (Phi) is 9.53. The number of ether oxygens (including phenoxy) is 3. The molecule has 0 aliphatic carbocycles. The van der Waals surface area contributed by atoms with Crippen LogP contribution in [0.4, 0.5) is 0 Å². The van der Waals surface area contributed by atoms with Crippen LogP contribution in [-0.4, -0.2) is 36.3 Å². The highest BCUT2D eigenvalue weighted by molar-refractivity contribution is 6.01.